The van der Waals surface area contributed by atoms with Gasteiger partial charge >= 0.3 is 6.03 Å². The summed E-state index contributed by atoms with van der Waals surface area (Å²) in [5, 5.41) is 2.15. The molecule has 38 heavy (non-hydrogen) atoms. The van der Waals surface area contributed by atoms with Gasteiger partial charge in [-0.3, -0.25) is 14.6 Å². The van der Waals surface area contributed by atoms with Gasteiger partial charge in [0.15, 0.2) is 5.96 Å². The Labute approximate surface area is 228 Å². The Hall–Kier alpha value is -3.59. The zero-order valence-electron chi connectivity index (χ0n) is 22.2. The third-order valence-electron chi connectivity index (χ3n) is 8.26. The fourth-order valence-corrected chi connectivity index (χ4v) is 7.08. The molecule has 0 radical (unpaired) electrons. The molecule has 4 N–H and O–H groups in total. The smallest absolute Gasteiger partial charge is 0.324 e. The molecule has 8 nitrogen and oxygen atoms in total. The number of piperidine rings is 1. The monoisotopic (exact) mass is 532 g/mol. The van der Waals surface area contributed by atoms with Crippen molar-refractivity contribution in [2.45, 2.75) is 37.6 Å². The number of urea groups is 1. The molecule has 200 valence electrons. The summed E-state index contributed by atoms with van der Waals surface area (Å²) in [5.41, 5.74) is 14.5. The molecule has 5 rings (SSSR count). The van der Waals surface area contributed by atoms with E-state index in [1.165, 1.54) is 10.5 Å². The second kappa shape index (κ2) is 10.3. The van der Waals surface area contributed by atoms with Crippen molar-refractivity contribution in [3.8, 4) is 0 Å². The molecule has 9 heteroatoms. The summed E-state index contributed by atoms with van der Waals surface area (Å²) >= 11 is 1.63. The number of guanidine groups is 1. The highest BCUT2D eigenvalue weighted by Gasteiger charge is 2.51. The van der Waals surface area contributed by atoms with E-state index in [-0.39, 0.29) is 35.7 Å². The van der Waals surface area contributed by atoms with Crippen LogP contribution in [0.25, 0.3) is 0 Å². The minimum atomic E-state index is -0.770. The summed E-state index contributed by atoms with van der Waals surface area (Å²) in [6.07, 6.45) is 8.35. The van der Waals surface area contributed by atoms with E-state index < -0.39 is 5.54 Å². The maximum absolute atomic E-state index is 13.7. The number of amides is 3. The Balaban J connectivity index is 1.36. The van der Waals surface area contributed by atoms with Crippen LogP contribution in [0.1, 0.15) is 42.5 Å². The number of nitrogens with zero attached hydrogens (tertiary/aromatic N) is 4. The largest absolute Gasteiger partial charge is 0.402 e. The summed E-state index contributed by atoms with van der Waals surface area (Å²) in [6, 6.07) is 11.8. The third-order valence-corrected chi connectivity index (χ3v) is 9.44. The standard InChI is InChI=1S/C29H36N6O2S/c1-29(24-17-21(18-38-24)20-8-7-9-22(30)16-20)25(26(36)34(3)27(31)32-29)19-12-14-35(15-13-19)28(37)33(2)23-10-5-4-6-11-23/h4-11,17-20,25H,12-16,30H2,1-3H3,(H2,31,32)/t20?,25-,29-/m1/s1. The van der Waals surface area contributed by atoms with Gasteiger partial charge in [-0.2, -0.15) is 0 Å². The number of rotatable bonds is 4. The highest BCUT2D eigenvalue weighted by molar-refractivity contribution is 7.10. The Morgan fingerprint density at radius 2 is 1.89 bits per heavy atom. The molecule has 3 heterocycles. The number of hydrogen-bond donors (Lipinski definition) is 2. The highest BCUT2D eigenvalue weighted by atomic mass is 32.1. The average Bonchev–Trinajstić information content (AvgIpc) is 3.43. The van der Waals surface area contributed by atoms with E-state index in [0.717, 1.165) is 35.5 Å². The molecule has 0 spiro atoms. The molecule has 3 amide bonds. The number of benzene rings is 1. The lowest BCUT2D eigenvalue weighted by Crippen LogP contribution is -2.57. The minimum absolute atomic E-state index is 0.00845. The number of thiophene rings is 1. The Morgan fingerprint density at radius 1 is 1.18 bits per heavy atom. The molecule has 1 saturated heterocycles. The van der Waals surface area contributed by atoms with Crippen molar-refractivity contribution in [3.63, 3.8) is 0 Å². The molecule has 3 aliphatic rings. The summed E-state index contributed by atoms with van der Waals surface area (Å²) < 4.78 is 0. The van der Waals surface area contributed by atoms with Crippen LogP contribution in [0.3, 0.4) is 0 Å². The zero-order valence-corrected chi connectivity index (χ0v) is 23.0. The van der Waals surface area contributed by atoms with E-state index in [2.05, 4.69) is 17.5 Å². The number of para-hydroxylation sites is 1. The number of carbonyl (C=O) groups is 2. The minimum Gasteiger partial charge on any atom is -0.402 e. The van der Waals surface area contributed by atoms with Gasteiger partial charge in [-0.05, 0) is 67.3 Å². The molecule has 1 aromatic carbocycles. The van der Waals surface area contributed by atoms with Gasteiger partial charge in [-0.15, -0.1) is 11.3 Å². The van der Waals surface area contributed by atoms with Crippen molar-refractivity contribution < 1.29 is 9.59 Å². The first-order valence-electron chi connectivity index (χ1n) is 13.1. The van der Waals surface area contributed by atoms with Gasteiger partial charge in [0.25, 0.3) is 0 Å². The van der Waals surface area contributed by atoms with Crippen LogP contribution in [0.2, 0.25) is 0 Å². The van der Waals surface area contributed by atoms with E-state index in [9.17, 15) is 9.59 Å². The van der Waals surface area contributed by atoms with E-state index >= 15 is 0 Å². The second-order valence-corrected chi connectivity index (χ2v) is 11.6. The van der Waals surface area contributed by atoms with Crippen LogP contribution in [0.5, 0.6) is 0 Å². The molecule has 0 saturated carbocycles. The molecule has 1 aliphatic carbocycles. The lowest BCUT2D eigenvalue weighted by molar-refractivity contribution is -0.137. The van der Waals surface area contributed by atoms with Crippen molar-refractivity contribution in [2.24, 2.45) is 28.3 Å². The van der Waals surface area contributed by atoms with Crippen LogP contribution in [0, 0.1) is 11.8 Å². The predicted molar refractivity (Wildman–Crippen MR) is 153 cm³/mol. The second-order valence-electron chi connectivity index (χ2n) is 10.7. The van der Waals surface area contributed by atoms with Gasteiger partial charge in [0.2, 0.25) is 5.91 Å². The number of aliphatic imine (C=N–C) groups is 1. The molecular weight excluding hydrogens is 496 g/mol. The average molecular weight is 533 g/mol. The Bertz CT molecular complexity index is 1290. The van der Waals surface area contributed by atoms with E-state index in [1.807, 2.05) is 54.3 Å². The number of nitrogens with two attached hydrogens (primary N) is 2. The van der Waals surface area contributed by atoms with Crippen molar-refractivity contribution >= 4 is 34.9 Å². The van der Waals surface area contributed by atoms with Crippen LogP contribution < -0.4 is 16.4 Å². The summed E-state index contributed by atoms with van der Waals surface area (Å²) in [6.45, 7) is 3.23. The normalized spacial score (nSPS) is 26.2. The Kier molecular flexibility index (Phi) is 7.05. The maximum atomic E-state index is 13.7. The Morgan fingerprint density at radius 3 is 2.58 bits per heavy atom. The first kappa shape index (κ1) is 26.0. The number of carbonyl (C=O) groups excluding carboxylic acids is 2. The van der Waals surface area contributed by atoms with Gasteiger partial charge in [-0.1, -0.05) is 30.4 Å². The van der Waals surface area contributed by atoms with E-state index in [4.69, 9.17) is 16.5 Å². The van der Waals surface area contributed by atoms with Crippen LogP contribution >= 0.6 is 11.3 Å². The lowest BCUT2D eigenvalue weighted by Gasteiger charge is -2.46. The van der Waals surface area contributed by atoms with Crippen LogP contribution in [-0.2, 0) is 10.3 Å². The fraction of sp³-hybridized carbons (Fsp3) is 0.414. The SMILES string of the molecule is CN1C(=O)[C@@H](C2CCN(C(=O)N(C)c3ccccc3)CC2)[C@@](C)(c2cc(C3C=CC=C(N)C3)cs2)N=C1N. The van der Waals surface area contributed by atoms with Crippen molar-refractivity contribution in [3.05, 3.63) is 76.1 Å². The molecule has 1 unspecified atom stereocenters. The van der Waals surface area contributed by atoms with Gasteiger partial charge in [0.05, 0.1) is 5.92 Å². The first-order chi connectivity index (χ1) is 18.2. The molecule has 1 aromatic heterocycles. The fourth-order valence-electron chi connectivity index (χ4n) is 5.95. The molecule has 1 fully saturated rings. The van der Waals surface area contributed by atoms with Crippen LogP contribution in [-0.4, -0.2) is 54.9 Å². The number of hydrogen-bond acceptors (Lipinski definition) is 6. The maximum Gasteiger partial charge on any atom is 0.324 e. The molecular formula is C29H36N6O2S. The number of allylic oxidation sites excluding steroid dienone is 4. The van der Waals surface area contributed by atoms with Gasteiger partial charge in [-0.25, -0.2) is 9.79 Å². The molecule has 2 aliphatic heterocycles. The quantitative estimate of drug-likeness (QED) is 0.615. The topological polar surface area (TPSA) is 108 Å². The van der Waals surface area contributed by atoms with Crippen molar-refractivity contribution in [2.75, 3.05) is 32.1 Å². The van der Waals surface area contributed by atoms with Crippen molar-refractivity contribution in [1.82, 2.24) is 9.80 Å². The summed E-state index contributed by atoms with van der Waals surface area (Å²) in [5.74, 6) is 0.168. The molecule has 3 atom stereocenters. The van der Waals surface area contributed by atoms with Gasteiger partial charge in [0.1, 0.15) is 5.54 Å². The van der Waals surface area contributed by atoms with Gasteiger partial charge in [0, 0.05) is 49.4 Å². The van der Waals surface area contributed by atoms with E-state index in [0.29, 0.717) is 13.1 Å². The number of likely N-dealkylation sites (tertiary alicyclic amines) is 1. The third kappa shape index (κ3) is 4.71. The number of anilines is 1. The summed E-state index contributed by atoms with van der Waals surface area (Å²) in [7, 11) is 3.50. The first-order valence-corrected chi connectivity index (χ1v) is 14.0. The highest BCUT2D eigenvalue weighted by Crippen LogP contribution is 2.47. The van der Waals surface area contributed by atoms with Crippen LogP contribution in [0.15, 0.2) is 70.7 Å². The lowest BCUT2D eigenvalue weighted by atomic mass is 9.70. The molecule has 2 aromatic rings. The van der Waals surface area contributed by atoms with E-state index in [1.54, 1.807) is 30.3 Å². The molecule has 0 bridgehead atoms. The predicted octanol–water partition coefficient (Wildman–Crippen LogP) is 4.22. The summed E-state index contributed by atoms with van der Waals surface area (Å²) in [4.78, 5) is 37.9. The van der Waals surface area contributed by atoms with Crippen molar-refractivity contribution in [1.29, 1.82) is 0 Å². The van der Waals surface area contributed by atoms with Crippen LogP contribution in [0.4, 0.5) is 10.5 Å². The zero-order chi connectivity index (χ0) is 27.0. The van der Waals surface area contributed by atoms with Gasteiger partial charge < -0.3 is 16.4 Å².